The third-order valence-corrected chi connectivity index (χ3v) is 9.02. The Bertz CT molecular complexity index is 1400. The molecule has 2 saturated heterocycles. The van der Waals surface area contributed by atoms with Crippen LogP contribution in [-0.2, 0) is 48.5 Å². The molecule has 0 bridgehead atoms. The van der Waals surface area contributed by atoms with Gasteiger partial charge in [0.1, 0.15) is 17.3 Å². The number of rotatable bonds is 9. The number of carbonyl (C=O) groups is 4. The van der Waals surface area contributed by atoms with Gasteiger partial charge in [0.15, 0.2) is 5.65 Å². The van der Waals surface area contributed by atoms with E-state index in [1.807, 2.05) is 7.05 Å². The van der Waals surface area contributed by atoms with Crippen LogP contribution in [0.2, 0.25) is 0 Å². The zero-order valence-electron chi connectivity index (χ0n) is 25.5. The molecule has 6 atom stereocenters. The molecular formula is C31H42N4O7. The molecule has 3 aliphatic rings. The molecule has 228 valence electrons. The maximum Gasteiger partial charge on any atom is 0.304 e. The molecule has 5 rings (SSSR count). The molecule has 0 unspecified atom stereocenters. The van der Waals surface area contributed by atoms with Crippen LogP contribution in [0.3, 0.4) is 0 Å². The van der Waals surface area contributed by atoms with E-state index in [1.54, 1.807) is 4.68 Å². The molecule has 4 heterocycles. The summed E-state index contributed by atoms with van der Waals surface area (Å²) in [6, 6.07) is 0. The molecule has 11 heteroatoms. The van der Waals surface area contributed by atoms with Crippen molar-refractivity contribution < 1.29 is 33.4 Å². The first-order chi connectivity index (χ1) is 20.0. The zero-order valence-corrected chi connectivity index (χ0v) is 25.5. The van der Waals surface area contributed by atoms with Crippen molar-refractivity contribution in [2.24, 2.45) is 24.8 Å². The number of hydrogen-bond acceptors (Lipinski definition) is 10. The Morgan fingerprint density at radius 2 is 1.57 bits per heavy atom. The van der Waals surface area contributed by atoms with Crippen molar-refractivity contribution in [1.29, 1.82) is 0 Å². The number of aryl methyl sites for hydroxylation is 2. The van der Waals surface area contributed by atoms with Gasteiger partial charge in [0.25, 0.3) is 0 Å². The minimum atomic E-state index is -1.37. The number of aromatic nitrogens is 3. The number of fused-ring (bicyclic) bond motifs is 3. The SMILES string of the molecule is CCCN1CC[C@H](c2nn(C)c3nc(O[C@H]4O[C@@H](OC(C)=O)[C@@H](C(C)=O)[C@@H](C(C)=O)[C@H]4C(C)=O)c4c(c23)CCCC4)C1. The summed E-state index contributed by atoms with van der Waals surface area (Å²) < 4.78 is 19.7. The van der Waals surface area contributed by atoms with E-state index in [2.05, 4.69) is 11.8 Å². The topological polar surface area (TPSA) is 130 Å². The maximum absolute atomic E-state index is 13.0. The number of likely N-dealkylation sites (tertiary alicyclic amines) is 1. The number of ketones is 3. The minimum Gasteiger partial charge on any atom is -0.447 e. The second-order valence-corrected chi connectivity index (χ2v) is 12.1. The Balaban J connectivity index is 1.57. The van der Waals surface area contributed by atoms with Gasteiger partial charge in [-0.3, -0.25) is 23.9 Å². The Morgan fingerprint density at radius 1 is 0.929 bits per heavy atom. The van der Waals surface area contributed by atoms with Crippen LogP contribution in [0.25, 0.3) is 11.0 Å². The molecule has 11 nitrogen and oxygen atoms in total. The van der Waals surface area contributed by atoms with Crippen LogP contribution in [0, 0.1) is 17.8 Å². The fourth-order valence-corrected chi connectivity index (χ4v) is 7.23. The van der Waals surface area contributed by atoms with Crippen LogP contribution in [0.1, 0.15) is 83.0 Å². The Morgan fingerprint density at radius 3 is 2.19 bits per heavy atom. The van der Waals surface area contributed by atoms with Crippen molar-refractivity contribution in [2.45, 2.75) is 91.6 Å². The Labute approximate surface area is 246 Å². The molecule has 0 N–H and O–H groups in total. The number of nitrogens with zero attached hydrogens (tertiary/aromatic N) is 4. The number of esters is 1. The third kappa shape index (κ3) is 5.60. The number of carbonyl (C=O) groups excluding carboxylic acids is 4. The summed E-state index contributed by atoms with van der Waals surface area (Å²) in [4.78, 5) is 58.0. The molecule has 2 aromatic rings. The largest absolute Gasteiger partial charge is 0.447 e. The summed E-state index contributed by atoms with van der Waals surface area (Å²) in [5, 5.41) is 6.05. The molecular weight excluding hydrogens is 540 g/mol. The zero-order chi connectivity index (χ0) is 30.3. The number of Topliss-reactive ketones (excluding diaryl/α,β-unsaturated/α-hetero) is 3. The standard InChI is InChI=1S/C31H42N4O7/c1-7-13-35-14-12-20(15-35)27-26-21-10-8-9-11-22(21)29(32-28(26)34(6)33-27)41-31-25(18(4)38)23(16(2)36)24(17(3)37)30(42-31)40-19(5)39/h20,23-25,30-31H,7-15H2,1-6H3/t20-,23+,24-,25+,30+,31-/m0/s1. The molecule has 2 fully saturated rings. The molecule has 0 aromatic carbocycles. The van der Waals surface area contributed by atoms with E-state index in [0.29, 0.717) is 17.4 Å². The second kappa shape index (κ2) is 12.2. The van der Waals surface area contributed by atoms with Crippen LogP contribution in [0.5, 0.6) is 5.88 Å². The summed E-state index contributed by atoms with van der Waals surface area (Å²) in [5.74, 6) is -4.43. The van der Waals surface area contributed by atoms with Crippen molar-refractivity contribution >= 4 is 34.4 Å². The van der Waals surface area contributed by atoms with Crippen molar-refractivity contribution in [2.75, 3.05) is 19.6 Å². The van der Waals surface area contributed by atoms with E-state index in [0.717, 1.165) is 80.4 Å². The maximum atomic E-state index is 13.0. The predicted molar refractivity (Wildman–Crippen MR) is 153 cm³/mol. The lowest BCUT2D eigenvalue weighted by Crippen LogP contribution is -2.57. The van der Waals surface area contributed by atoms with Gasteiger partial charge in [-0.05, 0) is 77.9 Å². The summed E-state index contributed by atoms with van der Waals surface area (Å²) in [6.07, 6.45) is 3.11. The molecule has 42 heavy (non-hydrogen) atoms. The van der Waals surface area contributed by atoms with Gasteiger partial charge >= 0.3 is 5.97 Å². The van der Waals surface area contributed by atoms with E-state index in [4.69, 9.17) is 24.3 Å². The van der Waals surface area contributed by atoms with Gasteiger partial charge < -0.3 is 19.1 Å². The van der Waals surface area contributed by atoms with Gasteiger partial charge in [-0.1, -0.05) is 6.92 Å². The molecule has 0 saturated carbocycles. The van der Waals surface area contributed by atoms with Crippen molar-refractivity contribution in [3.8, 4) is 5.88 Å². The number of pyridine rings is 1. The van der Waals surface area contributed by atoms with E-state index in [1.165, 1.54) is 27.7 Å². The van der Waals surface area contributed by atoms with Crippen LogP contribution < -0.4 is 4.74 Å². The van der Waals surface area contributed by atoms with Crippen LogP contribution >= 0.6 is 0 Å². The van der Waals surface area contributed by atoms with Gasteiger partial charge in [-0.2, -0.15) is 10.1 Å². The highest BCUT2D eigenvalue weighted by Gasteiger charge is 2.54. The Kier molecular flexibility index (Phi) is 8.80. The molecule has 2 aliphatic heterocycles. The predicted octanol–water partition coefficient (Wildman–Crippen LogP) is 3.29. The molecule has 1 aliphatic carbocycles. The summed E-state index contributed by atoms with van der Waals surface area (Å²) in [5.41, 5.74) is 3.89. The van der Waals surface area contributed by atoms with E-state index in [-0.39, 0.29) is 11.6 Å². The first-order valence-corrected chi connectivity index (χ1v) is 15.1. The lowest BCUT2D eigenvalue weighted by molar-refractivity contribution is -0.277. The smallest absolute Gasteiger partial charge is 0.304 e. The average Bonchev–Trinajstić information content (AvgIpc) is 3.52. The summed E-state index contributed by atoms with van der Waals surface area (Å²) in [6.45, 7) is 10.5. The minimum absolute atomic E-state index is 0.326. The highest BCUT2D eigenvalue weighted by molar-refractivity contribution is 5.93. The monoisotopic (exact) mass is 582 g/mol. The van der Waals surface area contributed by atoms with Gasteiger partial charge in [0, 0.05) is 43.3 Å². The second-order valence-electron chi connectivity index (χ2n) is 12.1. The first kappa shape index (κ1) is 30.3. The number of hydrogen-bond donors (Lipinski definition) is 0. The van der Waals surface area contributed by atoms with Crippen LogP contribution in [0.15, 0.2) is 0 Å². The third-order valence-electron chi connectivity index (χ3n) is 9.02. The summed E-state index contributed by atoms with van der Waals surface area (Å²) >= 11 is 0. The van der Waals surface area contributed by atoms with Crippen molar-refractivity contribution in [3.05, 3.63) is 16.8 Å². The fraction of sp³-hybridized carbons (Fsp3) is 0.677. The molecule has 0 spiro atoms. The van der Waals surface area contributed by atoms with E-state index >= 15 is 0 Å². The van der Waals surface area contributed by atoms with E-state index < -0.39 is 42.1 Å². The van der Waals surface area contributed by atoms with E-state index in [9.17, 15) is 19.2 Å². The van der Waals surface area contributed by atoms with Gasteiger partial charge in [-0.25, -0.2) is 0 Å². The number of ether oxygens (including phenoxy) is 3. The molecule has 2 aromatic heterocycles. The highest BCUT2D eigenvalue weighted by Crippen LogP contribution is 2.43. The Hall–Kier alpha value is -3.18. The average molecular weight is 583 g/mol. The summed E-state index contributed by atoms with van der Waals surface area (Å²) in [7, 11) is 1.88. The lowest BCUT2D eigenvalue weighted by atomic mass is 9.73. The first-order valence-electron chi connectivity index (χ1n) is 15.1. The highest BCUT2D eigenvalue weighted by atomic mass is 16.8. The normalized spacial score (nSPS) is 28.0. The van der Waals surface area contributed by atoms with Gasteiger partial charge in [0.05, 0.1) is 17.5 Å². The fourth-order valence-electron chi connectivity index (χ4n) is 7.23. The lowest BCUT2D eigenvalue weighted by Gasteiger charge is -2.43. The molecule has 0 amide bonds. The van der Waals surface area contributed by atoms with Crippen molar-refractivity contribution in [3.63, 3.8) is 0 Å². The van der Waals surface area contributed by atoms with Crippen molar-refractivity contribution in [1.82, 2.24) is 19.7 Å². The van der Waals surface area contributed by atoms with Crippen LogP contribution in [-0.4, -0.2) is 75.2 Å². The van der Waals surface area contributed by atoms with Gasteiger partial charge in [0.2, 0.25) is 18.5 Å². The van der Waals surface area contributed by atoms with Gasteiger partial charge in [-0.15, -0.1) is 0 Å². The molecule has 0 radical (unpaired) electrons. The van der Waals surface area contributed by atoms with Crippen LogP contribution in [0.4, 0.5) is 0 Å². The quantitative estimate of drug-likeness (QED) is 0.406.